The van der Waals surface area contributed by atoms with E-state index in [-0.39, 0.29) is 18.4 Å². The zero-order valence-electron chi connectivity index (χ0n) is 20.0. The zero-order chi connectivity index (χ0) is 24.6. The zero-order valence-corrected chi connectivity index (χ0v) is 20.8. The number of hydrogen-bond acceptors (Lipinski definition) is 8. The van der Waals surface area contributed by atoms with Gasteiger partial charge in [-0.05, 0) is 43.8 Å². The summed E-state index contributed by atoms with van der Waals surface area (Å²) in [5.41, 5.74) is 4.07. The largest absolute Gasteiger partial charge is 0.378 e. The lowest BCUT2D eigenvalue weighted by molar-refractivity contribution is -0.117. The summed E-state index contributed by atoms with van der Waals surface area (Å²) >= 11 is 1.23. The van der Waals surface area contributed by atoms with Crippen molar-refractivity contribution in [2.75, 3.05) is 50.1 Å². The number of nitrogens with one attached hydrogen (secondary N) is 2. The fraction of sp³-hybridized carbons (Fsp3) is 0.360. The number of benzene rings is 2. The third kappa shape index (κ3) is 7.32. The quantitative estimate of drug-likeness (QED) is 0.472. The molecule has 2 heterocycles. The molecule has 1 aromatic heterocycles. The minimum Gasteiger partial charge on any atom is -0.378 e. The van der Waals surface area contributed by atoms with Gasteiger partial charge in [-0.15, -0.1) is 10.2 Å². The topological polar surface area (TPSA) is 99.7 Å². The molecule has 1 fully saturated rings. The first kappa shape index (κ1) is 24.8. The van der Waals surface area contributed by atoms with Crippen LogP contribution in [0.15, 0.2) is 48.5 Å². The van der Waals surface area contributed by atoms with Crippen molar-refractivity contribution in [1.29, 1.82) is 0 Å². The van der Waals surface area contributed by atoms with E-state index in [2.05, 4.69) is 25.7 Å². The maximum absolute atomic E-state index is 12.5. The smallest absolute Gasteiger partial charge is 0.282 e. The summed E-state index contributed by atoms with van der Waals surface area (Å²) in [6.45, 7) is 6.29. The Balaban J connectivity index is 1.21. The molecule has 2 N–H and O–H groups in total. The van der Waals surface area contributed by atoms with Crippen LogP contribution in [-0.4, -0.2) is 66.8 Å². The van der Waals surface area contributed by atoms with Gasteiger partial charge in [-0.2, -0.15) is 0 Å². The average molecular weight is 495 g/mol. The van der Waals surface area contributed by atoms with Crippen molar-refractivity contribution in [2.24, 2.45) is 0 Å². The first-order valence-corrected chi connectivity index (χ1v) is 12.4. The number of carbonyl (C=O) groups excluding carboxylic acids is 2. The van der Waals surface area contributed by atoms with Crippen LogP contribution in [0.4, 0.5) is 11.4 Å². The molecular formula is C25H30N6O3S. The average Bonchev–Trinajstić information content (AvgIpc) is 3.33. The molecule has 9 nitrogen and oxygen atoms in total. The molecule has 3 aromatic rings. The van der Waals surface area contributed by atoms with E-state index < -0.39 is 0 Å². The van der Waals surface area contributed by atoms with Crippen LogP contribution >= 0.6 is 11.3 Å². The minimum absolute atomic E-state index is 0.118. The molecule has 35 heavy (non-hydrogen) atoms. The van der Waals surface area contributed by atoms with Crippen molar-refractivity contribution >= 4 is 34.5 Å². The third-order valence-corrected chi connectivity index (χ3v) is 6.49. The Labute approximate surface area is 209 Å². The number of aryl methyl sites for hydroxylation is 1. The predicted molar refractivity (Wildman–Crippen MR) is 137 cm³/mol. The summed E-state index contributed by atoms with van der Waals surface area (Å²) in [5.74, 6) is -0.373. The number of hydrogen-bond donors (Lipinski definition) is 2. The van der Waals surface area contributed by atoms with Crippen LogP contribution in [0.3, 0.4) is 0 Å². The van der Waals surface area contributed by atoms with Crippen molar-refractivity contribution < 1.29 is 14.3 Å². The fourth-order valence-corrected chi connectivity index (χ4v) is 4.52. The maximum atomic E-state index is 12.5. The van der Waals surface area contributed by atoms with E-state index in [1.807, 2.05) is 67.4 Å². The summed E-state index contributed by atoms with van der Waals surface area (Å²) in [4.78, 5) is 29.0. The van der Waals surface area contributed by atoms with Gasteiger partial charge >= 0.3 is 0 Å². The minimum atomic E-state index is -0.254. The van der Waals surface area contributed by atoms with Gasteiger partial charge in [0.05, 0.1) is 26.3 Å². The van der Waals surface area contributed by atoms with E-state index in [1.165, 1.54) is 16.9 Å². The number of likely N-dealkylation sites (N-methyl/N-ethyl adjacent to an activating group) is 1. The van der Waals surface area contributed by atoms with Gasteiger partial charge in [-0.3, -0.25) is 14.5 Å². The van der Waals surface area contributed by atoms with Crippen molar-refractivity contribution in [3.8, 4) is 0 Å². The molecule has 0 spiro atoms. The third-order valence-electron chi connectivity index (χ3n) is 5.58. The van der Waals surface area contributed by atoms with E-state index in [0.717, 1.165) is 43.2 Å². The monoisotopic (exact) mass is 494 g/mol. The van der Waals surface area contributed by atoms with Crippen LogP contribution in [0.25, 0.3) is 0 Å². The van der Waals surface area contributed by atoms with Crippen LogP contribution in [0.1, 0.15) is 25.9 Å². The first-order valence-electron chi connectivity index (χ1n) is 11.5. The summed E-state index contributed by atoms with van der Waals surface area (Å²) in [6.07, 6.45) is 0. The normalized spacial score (nSPS) is 13.6. The van der Waals surface area contributed by atoms with Crippen molar-refractivity contribution in [3.05, 3.63) is 69.7 Å². The highest BCUT2D eigenvalue weighted by Gasteiger charge is 2.16. The maximum Gasteiger partial charge on any atom is 0.282 e. The summed E-state index contributed by atoms with van der Waals surface area (Å²) in [7, 11) is 1.83. The number of rotatable bonds is 9. The number of morpholine rings is 1. The van der Waals surface area contributed by atoms with Gasteiger partial charge in [-0.25, -0.2) is 0 Å². The van der Waals surface area contributed by atoms with Gasteiger partial charge in [0.1, 0.15) is 5.01 Å². The number of amides is 2. The Morgan fingerprint density at radius 2 is 1.77 bits per heavy atom. The van der Waals surface area contributed by atoms with Crippen LogP contribution in [0.5, 0.6) is 0 Å². The van der Waals surface area contributed by atoms with Crippen LogP contribution in [-0.2, 0) is 22.6 Å². The van der Waals surface area contributed by atoms with Crippen molar-refractivity contribution in [3.63, 3.8) is 0 Å². The number of nitrogens with zero attached hydrogens (tertiary/aromatic N) is 4. The molecule has 0 atom stereocenters. The molecule has 4 rings (SSSR count). The van der Waals surface area contributed by atoms with Crippen molar-refractivity contribution in [1.82, 2.24) is 20.4 Å². The molecular weight excluding hydrogens is 464 g/mol. The van der Waals surface area contributed by atoms with Gasteiger partial charge in [-0.1, -0.05) is 41.2 Å². The second-order valence-corrected chi connectivity index (χ2v) is 9.60. The molecule has 1 aliphatic heterocycles. The molecule has 0 radical (unpaired) electrons. The first-order chi connectivity index (χ1) is 17.0. The Kier molecular flexibility index (Phi) is 8.40. The van der Waals surface area contributed by atoms with E-state index in [1.54, 1.807) is 0 Å². The summed E-state index contributed by atoms with van der Waals surface area (Å²) in [5, 5.41) is 14.9. The van der Waals surface area contributed by atoms with E-state index >= 15 is 0 Å². The Bertz CT molecular complexity index is 1130. The molecule has 0 saturated carbocycles. The molecule has 0 bridgehead atoms. The fourth-order valence-electron chi connectivity index (χ4n) is 3.68. The SMILES string of the molecule is Cc1ccc(CNC(=O)c2nnc(CN(C)CC(=O)Nc3ccc(N4CCOCC4)cc3)s2)cc1. The van der Waals surface area contributed by atoms with Gasteiger partial charge < -0.3 is 20.3 Å². The number of aromatic nitrogens is 2. The summed E-state index contributed by atoms with van der Waals surface area (Å²) in [6, 6.07) is 15.8. The van der Waals surface area contributed by atoms with E-state index in [4.69, 9.17) is 4.74 Å². The lowest BCUT2D eigenvalue weighted by atomic mass is 10.1. The molecule has 10 heteroatoms. The van der Waals surface area contributed by atoms with Crippen LogP contribution < -0.4 is 15.5 Å². The van der Waals surface area contributed by atoms with Gasteiger partial charge in [0, 0.05) is 31.0 Å². The number of carbonyl (C=O) groups is 2. The van der Waals surface area contributed by atoms with Crippen molar-refractivity contribution in [2.45, 2.75) is 20.0 Å². The van der Waals surface area contributed by atoms with Gasteiger partial charge in [0.2, 0.25) is 10.9 Å². The van der Waals surface area contributed by atoms with Gasteiger partial charge in [0.15, 0.2) is 0 Å². The highest BCUT2D eigenvalue weighted by molar-refractivity contribution is 7.13. The molecule has 184 valence electrons. The summed E-state index contributed by atoms with van der Waals surface area (Å²) < 4.78 is 5.39. The molecule has 2 amide bonds. The highest BCUT2D eigenvalue weighted by Crippen LogP contribution is 2.19. The van der Waals surface area contributed by atoms with Crippen LogP contribution in [0, 0.1) is 6.92 Å². The Morgan fingerprint density at radius 3 is 2.49 bits per heavy atom. The number of ether oxygens (including phenoxy) is 1. The number of anilines is 2. The molecule has 0 unspecified atom stereocenters. The van der Waals surface area contributed by atoms with E-state index in [0.29, 0.717) is 23.1 Å². The second kappa shape index (κ2) is 11.9. The van der Waals surface area contributed by atoms with Gasteiger partial charge in [0.25, 0.3) is 5.91 Å². The standard InChI is InChI=1S/C25H30N6O3S/c1-18-3-5-19(6-4-18)15-26-24(33)25-29-28-23(35-25)17-30(2)16-22(32)27-20-7-9-21(10-8-20)31-11-13-34-14-12-31/h3-10H,11-17H2,1-2H3,(H,26,33)(H,27,32). The lowest BCUT2D eigenvalue weighted by Crippen LogP contribution is -2.36. The highest BCUT2D eigenvalue weighted by atomic mass is 32.1. The van der Waals surface area contributed by atoms with E-state index in [9.17, 15) is 9.59 Å². The molecule has 2 aromatic carbocycles. The second-order valence-electron chi connectivity index (χ2n) is 8.54. The molecule has 1 aliphatic rings. The molecule has 0 aliphatic carbocycles. The molecule has 1 saturated heterocycles. The lowest BCUT2D eigenvalue weighted by Gasteiger charge is -2.28. The Hall–Kier alpha value is -3.34. The Morgan fingerprint density at radius 1 is 1.06 bits per heavy atom. The predicted octanol–water partition coefficient (Wildman–Crippen LogP) is 2.68. The van der Waals surface area contributed by atoms with Crippen LogP contribution in [0.2, 0.25) is 0 Å².